The third-order valence-corrected chi connectivity index (χ3v) is 3.24. The minimum absolute atomic E-state index is 0. The largest absolute Gasteiger partial charge is 1.00 e. The molecular formula is C13H8BrIN3O2-. The second-order valence-corrected chi connectivity index (χ2v) is 4.96. The summed E-state index contributed by atoms with van der Waals surface area (Å²) in [5, 5.41) is 10.8. The number of benzene rings is 1. The zero-order valence-electron chi connectivity index (χ0n) is 10.0. The molecule has 3 aromatic rings. The molecule has 7 heteroatoms. The maximum absolute atomic E-state index is 10.8. The van der Waals surface area contributed by atoms with Gasteiger partial charge in [0, 0.05) is 34.6 Å². The normalized spacial score (nSPS) is 10.2. The van der Waals surface area contributed by atoms with Crippen LogP contribution in [0.4, 0.5) is 5.69 Å². The summed E-state index contributed by atoms with van der Waals surface area (Å²) in [7, 11) is 0. The van der Waals surface area contributed by atoms with Gasteiger partial charge in [-0.3, -0.25) is 10.1 Å². The summed E-state index contributed by atoms with van der Waals surface area (Å²) in [5.74, 6) is 0. The highest BCUT2D eigenvalue weighted by Crippen LogP contribution is 2.24. The van der Waals surface area contributed by atoms with E-state index in [0.717, 1.165) is 15.7 Å². The first-order chi connectivity index (χ1) is 9.13. The Morgan fingerprint density at radius 1 is 1.20 bits per heavy atom. The lowest BCUT2D eigenvalue weighted by atomic mass is 10.1. The van der Waals surface area contributed by atoms with Gasteiger partial charge in [-0.25, -0.2) is 4.98 Å². The van der Waals surface area contributed by atoms with Crippen LogP contribution < -0.4 is 24.0 Å². The lowest BCUT2D eigenvalue weighted by molar-refractivity contribution is -0.384. The molecule has 0 saturated heterocycles. The van der Waals surface area contributed by atoms with Crippen molar-refractivity contribution in [2.75, 3.05) is 0 Å². The van der Waals surface area contributed by atoms with Crippen molar-refractivity contribution < 1.29 is 28.9 Å². The number of nitro groups is 1. The molecule has 20 heavy (non-hydrogen) atoms. The fourth-order valence-corrected chi connectivity index (χ4v) is 2.24. The van der Waals surface area contributed by atoms with E-state index < -0.39 is 4.92 Å². The number of fused-ring (bicyclic) bond motifs is 1. The summed E-state index contributed by atoms with van der Waals surface area (Å²) in [6, 6.07) is 10.2. The van der Waals surface area contributed by atoms with Gasteiger partial charge in [0.25, 0.3) is 5.69 Å². The number of nitrogens with zero attached hydrogens (tertiary/aromatic N) is 3. The van der Waals surface area contributed by atoms with Crippen LogP contribution in [-0.4, -0.2) is 14.3 Å². The Bertz CT molecular complexity index is 788. The monoisotopic (exact) mass is 444 g/mol. The summed E-state index contributed by atoms with van der Waals surface area (Å²) < 4.78 is 2.82. The van der Waals surface area contributed by atoms with Gasteiger partial charge in [-0.1, -0.05) is 12.1 Å². The lowest BCUT2D eigenvalue weighted by Gasteiger charge is -1.95. The maximum Gasteiger partial charge on any atom is 0.270 e. The van der Waals surface area contributed by atoms with Crippen LogP contribution in [0.3, 0.4) is 0 Å². The van der Waals surface area contributed by atoms with Gasteiger partial charge in [-0.2, -0.15) is 0 Å². The number of non-ortho nitro benzene ring substituents is 1. The van der Waals surface area contributed by atoms with Crippen molar-refractivity contribution in [3.63, 3.8) is 0 Å². The van der Waals surface area contributed by atoms with Gasteiger partial charge in [-0.15, -0.1) is 0 Å². The van der Waals surface area contributed by atoms with Gasteiger partial charge < -0.3 is 28.4 Å². The molecule has 0 fully saturated rings. The molecule has 102 valence electrons. The quantitative estimate of drug-likeness (QED) is 0.332. The van der Waals surface area contributed by atoms with Crippen LogP contribution in [0.1, 0.15) is 0 Å². The number of hydrogen-bond acceptors (Lipinski definition) is 3. The van der Waals surface area contributed by atoms with Crippen LogP contribution in [0.2, 0.25) is 0 Å². The molecule has 0 spiro atoms. The van der Waals surface area contributed by atoms with Gasteiger partial charge in [0.1, 0.15) is 5.65 Å². The van der Waals surface area contributed by atoms with Crippen molar-refractivity contribution in [2.45, 2.75) is 0 Å². The van der Waals surface area contributed by atoms with Gasteiger partial charge >= 0.3 is 0 Å². The number of halogens is 2. The summed E-state index contributed by atoms with van der Waals surface area (Å²) in [6.45, 7) is 0. The molecule has 2 aromatic heterocycles. The Morgan fingerprint density at radius 2 is 2.00 bits per heavy atom. The van der Waals surface area contributed by atoms with Crippen molar-refractivity contribution in [3.05, 3.63) is 63.4 Å². The highest BCUT2D eigenvalue weighted by Gasteiger charge is 2.09. The van der Waals surface area contributed by atoms with Crippen molar-refractivity contribution in [3.8, 4) is 11.3 Å². The van der Waals surface area contributed by atoms with Crippen LogP contribution >= 0.6 is 15.9 Å². The fraction of sp³-hybridized carbons (Fsp3) is 0. The van der Waals surface area contributed by atoms with E-state index in [2.05, 4.69) is 20.9 Å². The molecule has 3 rings (SSSR count). The lowest BCUT2D eigenvalue weighted by Crippen LogP contribution is -3.00. The molecule has 2 heterocycles. The highest BCUT2D eigenvalue weighted by molar-refractivity contribution is 9.10. The van der Waals surface area contributed by atoms with E-state index in [4.69, 9.17) is 0 Å². The van der Waals surface area contributed by atoms with E-state index in [0.29, 0.717) is 5.69 Å². The number of imidazole rings is 1. The summed E-state index contributed by atoms with van der Waals surface area (Å²) in [4.78, 5) is 14.8. The van der Waals surface area contributed by atoms with Crippen LogP contribution in [0.5, 0.6) is 0 Å². The first-order valence-corrected chi connectivity index (χ1v) is 6.32. The van der Waals surface area contributed by atoms with Gasteiger partial charge in [0.2, 0.25) is 0 Å². The topological polar surface area (TPSA) is 60.4 Å². The molecule has 0 aliphatic rings. The summed E-state index contributed by atoms with van der Waals surface area (Å²) >= 11 is 3.39. The molecule has 0 aliphatic carbocycles. The number of hydrogen-bond donors (Lipinski definition) is 0. The van der Waals surface area contributed by atoms with E-state index in [1.165, 1.54) is 12.1 Å². The molecular weight excluding hydrogens is 437 g/mol. The Labute approximate surface area is 139 Å². The predicted octanol–water partition coefficient (Wildman–Crippen LogP) is 0.676. The third-order valence-electron chi connectivity index (χ3n) is 2.77. The minimum atomic E-state index is -0.407. The average molecular weight is 445 g/mol. The number of pyridine rings is 1. The Balaban J connectivity index is 0.00000147. The van der Waals surface area contributed by atoms with E-state index in [1.54, 1.807) is 6.07 Å². The minimum Gasteiger partial charge on any atom is -1.00 e. The van der Waals surface area contributed by atoms with Crippen LogP contribution in [0.15, 0.2) is 53.3 Å². The van der Waals surface area contributed by atoms with E-state index in [1.807, 2.05) is 35.0 Å². The molecule has 0 saturated carbocycles. The predicted molar refractivity (Wildman–Crippen MR) is 75.0 cm³/mol. The zero-order chi connectivity index (χ0) is 13.4. The number of rotatable bonds is 2. The van der Waals surface area contributed by atoms with Crippen molar-refractivity contribution in [1.29, 1.82) is 0 Å². The van der Waals surface area contributed by atoms with Gasteiger partial charge in [-0.05, 0) is 28.1 Å². The van der Waals surface area contributed by atoms with Crippen LogP contribution in [-0.2, 0) is 0 Å². The zero-order valence-corrected chi connectivity index (χ0v) is 13.8. The van der Waals surface area contributed by atoms with Crippen molar-refractivity contribution in [1.82, 2.24) is 9.38 Å². The van der Waals surface area contributed by atoms with Crippen LogP contribution in [0, 0.1) is 10.1 Å². The Kier molecular flexibility index (Phi) is 4.39. The smallest absolute Gasteiger partial charge is 0.270 e. The van der Waals surface area contributed by atoms with Crippen molar-refractivity contribution in [2.24, 2.45) is 0 Å². The van der Waals surface area contributed by atoms with E-state index >= 15 is 0 Å². The molecule has 1 aromatic carbocycles. The Morgan fingerprint density at radius 3 is 2.75 bits per heavy atom. The molecule has 0 N–H and O–H groups in total. The number of aromatic nitrogens is 2. The standard InChI is InChI=1S/C13H8BrN3O2.HI/c14-10-4-5-13-15-12(8-16(13)7-10)9-2-1-3-11(6-9)17(18)19;/h1-8H;1H/p-1. The average Bonchev–Trinajstić information content (AvgIpc) is 2.81. The van der Waals surface area contributed by atoms with E-state index in [9.17, 15) is 10.1 Å². The maximum atomic E-state index is 10.8. The highest BCUT2D eigenvalue weighted by atomic mass is 127. The van der Waals surface area contributed by atoms with E-state index in [-0.39, 0.29) is 29.7 Å². The first kappa shape index (κ1) is 14.9. The molecule has 0 radical (unpaired) electrons. The molecule has 0 unspecified atom stereocenters. The summed E-state index contributed by atoms with van der Waals surface area (Å²) in [6.07, 6.45) is 3.74. The second kappa shape index (κ2) is 5.88. The molecule has 0 aliphatic heterocycles. The fourth-order valence-electron chi connectivity index (χ4n) is 1.88. The molecule has 0 amide bonds. The third kappa shape index (κ3) is 2.83. The van der Waals surface area contributed by atoms with Gasteiger partial charge in [0.05, 0.1) is 10.6 Å². The van der Waals surface area contributed by atoms with Crippen LogP contribution in [0.25, 0.3) is 16.9 Å². The SMILES string of the molecule is O=[N+]([O-])c1cccc(-c2cn3cc(Br)ccc3n2)c1.[I-]. The summed E-state index contributed by atoms with van der Waals surface area (Å²) in [5.41, 5.74) is 2.30. The number of nitro benzene ring substituents is 1. The molecule has 0 atom stereocenters. The first-order valence-electron chi connectivity index (χ1n) is 5.52. The van der Waals surface area contributed by atoms with Crippen molar-refractivity contribution >= 4 is 27.3 Å². The second-order valence-electron chi connectivity index (χ2n) is 4.05. The molecule has 0 bridgehead atoms. The van der Waals surface area contributed by atoms with Gasteiger partial charge in [0.15, 0.2) is 0 Å². The molecule has 5 nitrogen and oxygen atoms in total. The Hall–Kier alpha value is -1.48.